The van der Waals surface area contributed by atoms with Crippen molar-refractivity contribution in [2.75, 3.05) is 10.8 Å². The molecule has 0 bridgehead atoms. The van der Waals surface area contributed by atoms with Crippen LogP contribution in [0.4, 0.5) is 5.69 Å². The maximum Gasteiger partial charge on any atom is 0.340 e. The summed E-state index contributed by atoms with van der Waals surface area (Å²) in [5.41, 5.74) is 1.07. The Kier molecular flexibility index (Phi) is 7.28. The summed E-state index contributed by atoms with van der Waals surface area (Å²) in [5, 5.41) is 7.86. The highest BCUT2D eigenvalue weighted by molar-refractivity contribution is 7.92. The molecular weight excluding hydrogens is 490 g/mol. The molecule has 3 aromatic carbocycles. The molecular formula is C25H20ClN3O5S. The number of anilines is 1. The zero-order valence-electron chi connectivity index (χ0n) is 18.4. The number of carbonyl (C=O) groups excluding carboxylic acids is 1. The summed E-state index contributed by atoms with van der Waals surface area (Å²) in [6.45, 7) is 3.38. The van der Waals surface area contributed by atoms with Gasteiger partial charge < -0.3 is 9.15 Å². The van der Waals surface area contributed by atoms with Crippen molar-refractivity contribution in [2.45, 2.75) is 11.5 Å². The van der Waals surface area contributed by atoms with Crippen molar-refractivity contribution < 1.29 is 22.4 Å². The van der Waals surface area contributed by atoms with Crippen LogP contribution in [-0.2, 0) is 21.4 Å². The summed E-state index contributed by atoms with van der Waals surface area (Å²) >= 11 is 6.19. The van der Waals surface area contributed by atoms with E-state index in [4.69, 9.17) is 20.8 Å². The minimum atomic E-state index is -4.03. The van der Waals surface area contributed by atoms with Crippen LogP contribution in [0.15, 0.2) is 101 Å². The van der Waals surface area contributed by atoms with Gasteiger partial charge in [0.25, 0.3) is 15.9 Å². The van der Waals surface area contributed by atoms with Gasteiger partial charge in [0.05, 0.1) is 27.7 Å². The van der Waals surface area contributed by atoms with Crippen LogP contribution >= 0.6 is 11.6 Å². The molecule has 8 nitrogen and oxygen atoms in total. The summed E-state index contributed by atoms with van der Waals surface area (Å²) < 4.78 is 38.7. The first kappa shape index (κ1) is 24.2. The van der Waals surface area contributed by atoms with E-state index in [0.29, 0.717) is 5.69 Å². The van der Waals surface area contributed by atoms with Crippen LogP contribution in [-0.4, -0.2) is 31.1 Å². The molecule has 0 spiro atoms. The molecule has 0 fully saturated rings. The van der Waals surface area contributed by atoms with E-state index in [9.17, 15) is 13.2 Å². The van der Waals surface area contributed by atoms with Crippen LogP contribution in [0.25, 0.3) is 11.5 Å². The number of aromatic nitrogens is 2. The largest absolute Gasteiger partial charge is 0.452 e. The molecule has 0 unspecified atom stereocenters. The molecule has 0 amide bonds. The predicted octanol–water partition coefficient (Wildman–Crippen LogP) is 5.13. The Morgan fingerprint density at radius 2 is 1.71 bits per heavy atom. The summed E-state index contributed by atoms with van der Waals surface area (Å²) in [6, 6.07) is 21.6. The van der Waals surface area contributed by atoms with Gasteiger partial charge in [-0.25, -0.2) is 13.2 Å². The first-order chi connectivity index (χ1) is 16.9. The van der Waals surface area contributed by atoms with Gasteiger partial charge >= 0.3 is 5.97 Å². The second-order valence-electron chi connectivity index (χ2n) is 7.25. The Bertz CT molecular complexity index is 1440. The molecule has 1 heterocycles. The lowest BCUT2D eigenvalue weighted by molar-refractivity contribution is 0.0438. The first-order valence-corrected chi connectivity index (χ1v) is 12.2. The van der Waals surface area contributed by atoms with Gasteiger partial charge in [0.15, 0.2) is 6.61 Å². The third-order valence-electron chi connectivity index (χ3n) is 4.90. The SMILES string of the molecule is C=CCN(c1ccccc1)S(=O)(=O)c1ccc(Cl)c(C(=O)OCc2nnc(-c3ccccc3)o2)c1. The van der Waals surface area contributed by atoms with Crippen molar-refractivity contribution in [2.24, 2.45) is 0 Å². The highest BCUT2D eigenvalue weighted by atomic mass is 35.5. The number of hydrogen-bond donors (Lipinski definition) is 0. The Hall–Kier alpha value is -3.95. The Morgan fingerprint density at radius 1 is 1.03 bits per heavy atom. The number of para-hydroxylation sites is 1. The zero-order valence-corrected chi connectivity index (χ0v) is 19.9. The molecule has 0 aliphatic heterocycles. The number of ether oxygens (including phenoxy) is 1. The van der Waals surface area contributed by atoms with Crippen LogP contribution in [0, 0.1) is 0 Å². The molecule has 4 rings (SSSR count). The highest BCUT2D eigenvalue weighted by Crippen LogP contribution is 2.27. The lowest BCUT2D eigenvalue weighted by Gasteiger charge is -2.23. The fourth-order valence-electron chi connectivity index (χ4n) is 3.22. The third kappa shape index (κ3) is 5.42. The van der Waals surface area contributed by atoms with Crippen LogP contribution in [0.3, 0.4) is 0 Å². The quantitative estimate of drug-likeness (QED) is 0.227. The number of sulfonamides is 1. The van der Waals surface area contributed by atoms with Crippen molar-refractivity contribution in [3.05, 3.63) is 108 Å². The topological polar surface area (TPSA) is 103 Å². The lowest BCUT2D eigenvalue weighted by Crippen LogP contribution is -2.31. The van der Waals surface area contributed by atoms with Crippen molar-refractivity contribution >= 4 is 33.3 Å². The third-order valence-corrected chi connectivity index (χ3v) is 7.02. The van der Waals surface area contributed by atoms with Crippen molar-refractivity contribution in [1.29, 1.82) is 0 Å². The van der Waals surface area contributed by atoms with E-state index in [1.54, 1.807) is 42.5 Å². The van der Waals surface area contributed by atoms with Gasteiger partial charge in [-0.3, -0.25) is 4.31 Å². The number of carbonyl (C=O) groups is 1. The molecule has 0 aliphatic carbocycles. The molecule has 0 aliphatic rings. The van der Waals surface area contributed by atoms with Crippen LogP contribution in [0.2, 0.25) is 5.02 Å². The maximum absolute atomic E-state index is 13.4. The molecule has 10 heteroatoms. The van der Waals surface area contributed by atoms with Gasteiger partial charge in [0, 0.05) is 5.56 Å². The first-order valence-electron chi connectivity index (χ1n) is 10.4. The summed E-state index contributed by atoms with van der Waals surface area (Å²) in [4.78, 5) is 12.6. The second kappa shape index (κ2) is 10.5. The highest BCUT2D eigenvalue weighted by Gasteiger charge is 2.26. The molecule has 35 heavy (non-hydrogen) atoms. The standard InChI is InChI=1S/C25H20ClN3O5S/c1-2-15-29(19-11-7-4-8-12-19)35(31,32)20-13-14-22(26)21(16-20)25(30)33-17-23-27-28-24(34-23)18-9-5-3-6-10-18/h2-14,16H,1,15,17H2. The second-order valence-corrected chi connectivity index (χ2v) is 9.51. The van der Waals surface area contributed by atoms with Crippen LogP contribution in [0.5, 0.6) is 0 Å². The molecule has 0 atom stereocenters. The predicted molar refractivity (Wildman–Crippen MR) is 131 cm³/mol. The fraction of sp³-hybridized carbons (Fsp3) is 0.0800. The minimum Gasteiger partial charge on any atom is -0.452 e. The molecule has 4 aromatic rings. The van der Waals surface area contributed by atoms with Gasteiger partial charge in [0.1, 0.15) is 0 Å². The number of hydrogen-bond acceptors (Lipinski definition) is 7. The van der Waals surface area contributed by atoms with Crippen molar-refractivity contribution in [3.63, 3.8) is 0 Å². The Labute approximate surface area is 207 Å². The van der Waals surface area contributed by atoms with Gasteiger partial charge in [-0.15, -0.1) is 16.8 Å². The van der Waals surface area contributed by atoms with Gasteiger partial charge in [-0.05, 0) is 42.5 Å². The van der Waals surface area contributed by atoms with E-state index in [0.717, 1.165) is 5.56 Å². The number of esters is 1. The van der Waals surface area contributed by atoms with E-state index >= 15 is 0 Å². The van der Waals surface area contributed by atoms with Gasteiger partial charge in [-0.2, -0.15) is 0 Å². The number of halogens is 1. The average molecular weight is 510 g/mol. The smallest absolute Gasteiger partial charge is 0.340 e. The summed E-state index contributed by atoms with van der Waals surface area (Å²) in [5.74, 6) is -0.467. The van der Waals surface area contributed by atoms with Crippen molar-refractivity contribution in [3.8, 4) is 11.5 Å². The molecule has 1 aromatic heterocycles. The number of nitrogens with zero attached hydrogens (tertiary/aromatic N) is 3. The summed E-state index contributed by atoms with van der Waals surface area (Å²) in [6.07, 6.45) is 1.48. The monoisotopic (exact) mass is 509 g/mol. The molecule has 0 radical (unpaired) electrons. The van der Waals surface area contributed by atoms with Gasteiger partial charge in [-0.1, -0.05) is 54.1 Å². The average Bonchev–Trinajstić information content (AvgIpc) is 3.36. The Balaban J connectivity index is 1.54. The molecule has 0 saturated carbocycles. The molecule has 0 saturated heterocycles. The number of benzene rings is 3. The zero-order chi connectivity index (χ0) is 24.8. The minimum absolute atomic E-state index is 0.0374. The van der Waals surface area contributed by atoms with Crippen molar-refractivity contribution in [1.82, 2.24) is 10.2 Å². The van der Waals surface area contributed by atoms with E-state index < -0.39 is 16.0 Å². The van der Waals surface area contributed by atoms with E-state index in [2.05, 4.69) is 16.8 Å². The fourth-order valence-corrected chi connectivity index (χ4v) is 4.87. The van der Waals surface area contributed by atoms with E-state index in [1.807, 2.05) is 18.2 Å². The van der Waals surface area contributed by atoms with E-state index in [-0.39, 0.29) is 40.4 Å². The Morgan fingerprint density at radius 3 is 2.40 bits per heavy atom. The maximum atomic E-state index is 13.4. The van der Waals surface area contributed by atoms with Gasteiger partial charge in [0.2, 0.25) is 5.89 Å². The normalized spacial score (nSPS) is 11.1. The summed E-state index contributed by atoms with van der Waals surface area (Å²) in [7, 11) is -4.03. The van der Waals surface area contributed by atoms with E-state index in [1.165, 1.54) is 28.6 Å². The molecule has 0 N–H and O–H groups in total. The van der Waals surface area contributed by atoms with Crippen LogP contribution in [0.1, 0.15) is 16.2 Å². The molecule has 178 valence electrons. The lowest BCUT2D eigenvalue weighted by atomic mass is 10.2. The number of rotatable bonds is 9. The van der Waals surface area contributed by atoms with Crippen LogP contribution < -0.4 is 4.31 Å².